The molecule has 0 bridgehead atoms. The summed E-state index contributed by atoms with van der Waals surface area (Å²) in [5, 5.41) is 2.08. The van der Waals surface area contributed by atoms with Gasteiger partial charge in [-0.05, 0) is 35.1 Å². The molecule has 4 heteroatoms. The number of rotatable bonds is 9. The first-order chi connectivity index (χ1) is 14.8. The second-order valence-electron chi connectivity index (χ2n) is 7.35. The molecule has 0 fully saturated rings. The highest BCUT2D eigenvalue weighted by atomic mass is 32.1. The zero-order valence-electron chi connectivity index (χ0n) is 16.8. The number of benzene rings is 2. The van der Waals surface area contributed by atoms with E-state index in [4.69, 9.17) is 4.42 Å². The number of hydrogen-bond acceptors (Lipinski definition) is 3. The number of amides is 1. The Morgan fingerprint density at radius 1 is 0.900 bits per heavy atom. The third-order valence-electron chi connectivity index (χ3n) is 5.30. The fourth-order valence-electron chi connectivity index (χ4n) is 3.70. The average Bonchev–Trinajstić information content (AvgIpc) is 3.50. The third kappa shape index (κ3) is 5.28. The van der Waals surface area contributed by atoms with Gasteiger partial charge in [-0.2, -0.15) is 0 Å². The van der Waals surface area contributed by atoms with Crippen LogP contribution in [0.2, 0.25) is 0 Å². The summed E-state index contributed by atoms with van der Waals surface area (Å²) in [4.78, 5) is 16.7. The fraction of sp³-hybridized carbons (Fsp3) is 0.192. The molecule has 4 aromatic rings. The van der Waals surface area contributed by atoms with Gasteiger partial charge < -0.3 is 9.32 Å². The first kappa shape index (κ1) is 20.2. The van der Waals surface area contributed by atoms with E-state index in [9.17, 15) is 4.79 Å². The molecule has 0 aliphatic rings. The van der Waals surface area contributed by atoms with E-state index in [1.807, 2.05) is 47.4 Å². The standard InChI is InChI=1S/C26H25NO2S/c28-26(18-25(22-8-3-1-4-9-22)23-10-5-2-6-11-23)27(19-21-14-16-29-20-21)15-13-24-12-7-17-30-24/h1-12,14,16-17,20,25H,13,15,18-19H2. The lowest BCUT2D eigenvalue weighted by atomic mass is 9.88. The van der Waals surface area contributed by atoms with E-state index in [0.29, 0.717) is 19.5 Å². The molecule has 0 saturated heterocycles. The fourth-order valence-corrected chi connectivity index (χ4v) is 4.40. The van der Waals surface area contributed by atoms with E-state index >= 15 is 0 Å². The summed E-state index contributed by atoms with van der Waals surface area (Å²) >= 11 is 1.74. The van der Waals surface area contributed by atoms with E-state index in [1.54, 1.807) is 23.9 Å². The van der Waals surface area contributed by atoms with Crippen LogP contribution in [0.15, 0.2) is 101 Å². The number of carbonyl (C=O) groups is 1. The highest BCUT2D eigenvalue weighted by Gasteiger charge is 2.22. The Kier molecular flexibility index (Phi) is 6.78. The van der Waals surface area contributed by atoms with Crippen molar-refractivity contribution in [3.63, 3.8) is 0 Å². The van der Waals surface area contributed by atoms with Gasteiger partial charge in [-0.1, -0.05) is 66.7 Å². The topological polar surface area (TPSA) is 33.5 Å². The van der Waals surface area contributed by atoms with Crippen LogP contribution in [0.25, 0.3) is 0 Å². The second-order valence-corrected chi connectivity index (χ2v) is 8.39. The molecule has 0 unspecified atom stereocenters. The highest BCUT2D eigenvalue weighted by molar-refractivity contribution is 7.09. The zero-order chi connectivity index (χ0) is 20.6. The third-order valence-corrected chi connectivity index (χ3v) is 6.23. The Hall–Kier alpha value is -3.11. The van der Waals surface area contributed by atoms with Gasteiger partial charge in [0.05, 0.1) is 12.5 Å². The molecule has 3 nitrogen and oxygen atoms in total. The van der Waals surface area contributed by atoms with Gasteiger partial charge in [0.2, 0.25) is 5.91 Å². The van der Waals surface area contributed by atoms with Gasteiger partial charge in [0.1, 0.15) is 0 Å². The van der Waals surface area contributed by atoms with Crippen LogP contribution in [0.1, 0.15) is 33.9 Å². The maximum absolute atomic E-state index is 13.5. The molecule has 2 heterocycles. The minimum Gasteiger partial charge on any atom is -0.472 e. The van der Waals surface area contributed by atoms with Crippen LogP contribution >= 0.6 is 11.3 Å². The maximum Gasteiger partial charge on any atom is 0.223 e. The largest absolute Gasteiger partial charge is 0.472 e. The van der Waals surface area contributed by atoms with Crippen molar-refractivity contribution in [3.8, 4) is 0 Å². The Balaban J connectivity index is 1.55. The number of furan rings is 1. The van der Waals surface area contributed by atoms with Gasteiger partial charge in [0.25, 0.3) is 0 Å². The molecule has 2 aromatic carbocycles. The predicted octanol–water partition coefficient (Wildman–Crippen LogP) is 6.13. The van der Waals surface area contributed by atoms with E-state index in [1.165, 1.54) is 16.0 Å². The molecule has 0 atom stereocenters. The highest BCUT2D eigenvalue weighted by Crippen LogP contribution is 2.29. The molecule has 4 rings (SSSR count). The van der Waals surface area contributed by atoms with Gasteiger partial charge >= 0.3 is 0 Å². The second kappa shape index (κ2) is 10.1. The van der Waals surface area contributed by atoms with Crippen molar-refractivity contribution in [2.45, 2.75) is 25.3 Å². The molecule has 2 aromatic heterocycles. The van der Waals surface area contributed by atoms with Crippen molar-refractivity contribution in [3.05, 3.63) is 118 Å². The van der Waals surface area contributed by atoms with Crippen molar-refractivity contribution in [1.82, 2.24) is 4.90 Å². The summed E-state index contributed by atoms with van der Waals surface area (Å²) in [7, 11) is 0. The van der Waals surface area contributed by atoms with Crippen LogP contribution in [0.4, 0.5) is 0 Å². The minimum absolute atomic E-state index is 0.0356. The molecule has 0 aliphatic heterocycles. The van der Waals surface area contributed by atoms with Crippen LogP contribution in [-0.2, 0) is 17.8 Å². The Morgan fingerprint density at radius 2 is 1.60 bits per heavy atom. The molecule has 1 amide bonds. The zero-order valence-corrected chi connectivity index (χ0v) is 17.6. The normalized spacial score (nSPS) is 11.0. The quantitative estimate of drug-likeness (QED) is 0.329. The summed E-state index contributed by atoms with van der Waals surface area (Å²) in [6.07, 6.45) is 4.68. The number of thiophene rings is 1. The minimum atomic E-state index is 0.0356. The Labute approximate surface area is 181 Å². The van der Waals surface area contributed by atoms with E-state index in [2.05, 4.69) is 41.8 Å². The lowest BCUT2D eigenvalue weighted by molar-refractivity contribution is -0.132. The molecule has 30 heavy (non-hydrogen) atoms. The monoisotopic (exact) mass is 415 g/mol. The molecule has 0 radical (unpaired) electrons. The van der Waals surface area contributed by atoms with Crippen LogP contribution in [-0.4, -0.2) is 17.4 Å². The lowest BCUT2D eigenvalue weighted by Gasteiger charge is -2.25. The Morgan fingerprint density at radius 3 is 2.17 bits per heavy atom. The smallest absolute Gasteiger partial charge is 0.223 e. The summed E-state index contributed by atoms with van der Waals surface area (Å²) in [5.41, 5.74) is 3.35. The lowest BCUT2D eigenvalue weighted by Crippen LogP contribution is -2.33. The first-order valence-corrected chi connectivity index (χ1v) is 11.1. The molecular weight excluding hydrogens is 390 g/mol. The van der Waals surface area contributed by atoms with Gasteiger partial charge in [0, 0.05) is 35.9 Å². The predicted molar refractivity (Wildman–Crippen MR) is 121 cm³/mol. The number of nitrogens with zero attached hydrogens (tertiary/aromatic N) is 1. The molecule has 0 saturated carbocycles. The molecule has 152 valence electrons. The van der Waals surface area contributed by atoms with Crippen LogP contribution in [0, 0.1) is 0 Å². The van der Waals surface area contributed by atoms with E-state index in [0.717, 1.165) is 12.0 Å². The van der Waals surface area contributed by atoms with Crippen molar-refractivity contribution in [2.75, 3.05) is 6.54 Å². The summed E-state index contributed by atoms with van der Waals surface area (Å²) in [6.45, 7) is 1.26. The number of carbonyl (C=O) groups excluding carboxylic acids is 1. The van der Waals surface area contributed by atoms with Gasteiger partial charge in [-0.25, -0.2) is 0 Å². The maximum atomic E-state index is 13.5. The van der Waals surface area contributed by atoms with Gasteiger partial charge in [0.15, 0.2) is 0 Å². The van der Waals surface area contributed by atoms with Crippen molar-refractivity contribution >= 4 is 17.2 Å². The van der Waals surface area contributed by atoms with E-state index < -0.39 is 0 Å². The molecule has 0 N–H and O–H groups in total. The number of hydrogen-bond donors (Lipinski definition) is 0. The first-order valence-electron chi connectivity index (χ1n) is 10.2. The summed E-state index contributed by atoms with van der Waals surface area (Å²) in [6, 6.07) is 26.7. The van der Waals surface area contributed by atoms with Crippen LogP contribution in [0.5, 0.6) is 0 Å². The molecule has 0 spiro atoms. The van der Waals surface area contributed by atoms with Gasteiger partial charge in [-0.15, -0.1) is 11.3 Å². The van der Waals surface area contributed by atoms with E-state index in [-0.39, 0.29) is 11.8 Å². The molecule has 0 aliphatic carbocycles. The summed E-state index contributed by atoms with van der Waals surface area (Å²) in [5.74, 6) is 0.193. The Bertz CT molecular complexity index is 972. The summed E-state index contributed by atoms with van der Waals surface area (Å²) < 4.78 is 5.23. The van der Waals surface area contributed by atoms with Crippen molar-refractivity contribution in [2.24, 2.45) is 0 Å². The van der Waals surface area contributed by atoms with Crippen molar-refractivity contribution in [1.29, 1.82) is 0 Å². The molecular formula is C26H25NO2S. The van der Waals surface area contributed by atoms with Crippen LogP contribution < -0.4 is 0 Å². The SMILES string of the molecule is O=C(CC(c1ccccc1)c1ccccc1)N(CCc1cccs1)Cc1ccoc1. The van der Waals surface area contributed by atoms with Crippen LogP contribution in [0.3, 0.4) is 0 Å². The van der Waals surface area contributed by atoms with Crippen molar-refractivity contribution < 1.29 is 9.21 Å². The van der Waals surface area contributed by atoms with Gasteiger partial charge in [-0.3, -0.25) is 4.79 Å². The average molecular weight is 416 g/mol.